The molecular weight excluding hydrogens is 318 g/mol. The van der Waals surface area contributed by atoms with Crippen LogP contribution < -0.4 is 5.32 Å². The summed E-state index contributed by atoms with van der Waals surface area (Å²) in [4.78, 5) is 14.0. The van der Waals surface area contributed by atoms with Crippen LogP contribution in [-0.2, 0) is 11.3 Å². The van der Waals surface area contributed by atoms with Crippen LogP contribution in [0.25, 0.3) is 0 Å². The van der Waals surface area contributed by atoms with Gasteiger partial charge in [0, 0.05) is 23.2 Å². The van der Waals surface area contributed by atoms with E-state index < -0.39 is 0 Å². The minimum absolute atomic E-state index is 0.153. The molecule has 1 aliphatic rings. The van der Waals surface area contributed by atoms with Gasteiger partial charge in [-0.1, -0.05) is 35.0 Å². The molecule has 1 unspecified atom stereocenters. The number of rotatable bonds is 3. The minimum Gasteiger partial charge on any atom is -0.370 e. The molecule has 0 radical (unpaired) electrons. The molecule has 1 aromatic carbocycles. The fourth-order valence-electron chi connectivity index (χ4n) is 2.53. The van der Waals surface area contributed by atoms with Crippen LogP contribution in [-0.4, -0.2) is 35.8 Å². The quantitative estimate of drug-likeness (QED) is 0.936. The van der Waals surface area contributed by atoms with E-state index in [1.54, 1.807) is 11.0 Å². The van der Waals surface area contributed by atoms with Gasteiger partial charge in [0.25, 0.3) is 0 Å². The molecule has 7 heteroatoms. The summed E-state index contributed by atoms with van der Waals surface area (Å²) in [6, 6.07) is 9.18. The van der Waals surface area contributed by atoms with Crippen LogP contribution >= 0.6 is 11.6 Å². The molecule has 0 aliphatic carbocycles. The predicted octanol–water partition coefficient (Wildman–Crippen LogP) is 2.92. The third kappa shape index (κ3) is 3.83. The third-order valence-electron chi connectivity index (χ3n) is 3.70. The molecule has 3 rings (SSSR count). The number of nitrogens with zero attached hydrogens (tertiary/aromatic N) is 2. The molecule has 122 valence electrons. The van der Waals surface area contributed by atoms with Crippen molar-refractivity contribution in [3.05, 3.63) is 52.4 Å². The number of amides is 2. The van der Waals surface area contributed by atoms with Crippen molar-refractivity contribution in [2.24, 2.45) is 0 Å². The summed E-state index contributed by atoms with van der Waals surface area (Å²) < 4.78 is 10.8. The Morgan fingerprint density at radius 1 is 1.48 bits per heavy atom. The maximum Gasteiger partial charge on any atom is 0.317 e. The summed E-state index contributed by atoms with van der Waals surface area (Å²) in [5.41, 5.74) is 1.69. The van der Waals surface area contributed by atoms with Crippen molar-refractivity contribution < 1.29 is 14.1 Å². The molecule has 2 heterocycles. The van der Waals surface area contributed by atoms with Crippen molar-refractivity contribution in [1.29, 1.82) is 0 Å². The Labute approximate surface area is 139 Å². The van der Waals surface area contributed by atoms with E-state index in [0.29, 0.717) is 37.0 Å². The van der Waals surface area contributed by atoms with E-state index >= 15 is 0 Å². The Balaban J connectivity index is 1.59. The summed E-state index contributed by atoms with van der Waals surface area (Å²) >= 11 is 6.21. The van der Waals surface area contributed by atoms with E-state index in [0.717, 1.165) is 11.3 Å². The molecule has 1 fully saturated rings. The highest BCUT2D eigenvalue weighted by Crippen LogP contribution is 2.28. The van der Waals surface area contributed by atoms with Gasteiger partial charge in [-0.2, -0.15) is 0 Å². The van der Waals surface area contributed by atoms with E-state index in [9.17, 15) is 4.79 Å². The Morgan fingerprint density at radius 3 is 3.04 bits per heavy atom. The van der Waals surface area contributed by atoms with Crippen LogP contribution in [0, 0.1) is 6.92 Å². The first-order valence-corrected chi connectivity index (χ1v) is 7.82. The number of carbonyl (C=O) groups is 1. The number of nitrogens with one attached hydrogen (secondary N) is 1. The van der Waals surface area contributed by atoms with Crippen LogP contribution in [0.15, 0.2) is 34.9 Å². The Kier molecular flexibility index (Phi) is 4.83. The van der Waals surface area contributed by atoms with E-state index in [2.05, 4.69) is 10.5 Å². The lowest BCUT2D eigenvalue weighted by Crippen LogP contribution is -2.47. The average Bonchev–Trinajstić information content (AvgIpc) is 2.98. The number of urea groups is 1. The van der Waals surface area contributed by atoms with Gasteiger partial charge in [0.2, 0.25) is 0 Å². The molecule has 0 spiro atoms. The zero-order valence-electron chi connectivity index (χ0n) is 12.8. The van der Waals surface area contributed by atoms with Crippen molar-refractivity contribution in [2.45, 2.75) is 19.6 Å². The number of morpholine rings is 1. The van der Waals surface area contributed by atoms with Crippen LogP contribution in [0.2, 0.25) is 5.02 Å². The number of hydrogen-bond donors (Lipinski definition) is 1. The van der Waals surface area contributed by atoms with Crippen molar-refractivity contribution >= 4 is 17.6 Å². The molecule has 2 amide bonds. The molecule has 0 saturated carbocycles. The zero-order valence-corrected chi connectivity index (χ0v) is 13.5. The molecule has 1 aromatic heterocycles. The fourth-order valence-corrected chi connectivity index (χ4v) is 2.79. The molecule has 1 N–H and O–H groups in total. The number of halogens is 1. The second kappa shape index (κ2) is 7.02. The van der Waals surface area contributed by atoms with E-state index in [1.165, 1.54) is 0 Å². The zero-order chi connectivity index (χ0) is 16.2. The molecule has 1 aliphatic heterocycles. The smallest absolute Gasteiger partial charge is 0.317 e. The average molecular weight is 336 g/mol. The molecule has 0 bridgehead atoms. The van der Waals surface area contributed by atoms with Crippen molar-refractivity contribution in [3.8, 4) is 0 Å². The number of aromatic nitrogens is 1. The summed E-state index contributed by atoms with van der Waals surface area (Å²) in [6.45, 7) is 3.64. The van der Waals surface area contributed by atoms with Gasteiger partial charge in [-0.25, -0.2) is 4.79 Å². The summed E-state index contributed by atoms with van der Waals surface area (Å²) in [5, 5.41) is 7.28. The minimum atomic E-state index is -0.212. The largest absolute Gasteiger partial charge is 0.370 e. The highest BCUT2D eigenvalue weighted by Gasteiger charge is 2.26. The third-order valence-corrected chi connectivity index (χ3v) is 4.04. The number of carbonyl (C=O) groups excluding carboxylic acids is 1. The van der Waals surface area contributed by atoms with E-state index in [-0.39, 0.29) is 12.1 Å². The summed E-state index contributed by atoms with van der Waals surface area (Å²) in [7, 11) is 0. The monoisotopic (exact) mass is 335 g/mol. The van der Waals surface area contributed by atoms with Crippen LogP contribution in [0.3, 0.4) is 0 Å². The van der Waals surface area contributed by atoms with E-state index in [1.807, 2.05) is 31.2 Å². The molecule has 1 atom stereocenters. The van der Waals surface area contributed by atoms with Gasteiger partial charge in [-0.15, -0.1) is 0 Å². The number of ether oxygens (including phenoxy) is 1. The van der Waals surface area contributed by atoms with Crippen molar-refractivity contribution in [2.75, 3.05) is 19.7 Å². The standard InChI is InChI=1S/C16H18ClN3O3/c1-11-8-12(23-19-11)9-18-16(21)20-6-7-22-15(10-20)13-4-2-3-5-14(13)17/h2-5,8,15H,6-7,9-10H2,1H3,(H,18,21). The molecule has 1 saturated heterocycles. The first-order valence-electron chi connectivity index (χ1n) is 7.44. The van der Waals surface area contributed by atoms with Gasteiger partial charge in [-0.05, 0) is 13.0 Å². The maximum absolute atomic E-state index is 12.3. The van der Waals surface area contributed by atoms with Crippen LogP contribution in [0.1, 0.15) is 23.1 Å². The molecule has 23 heavy (non-hydrogen) atoms. The first-order chi connectivity index (χ1) is 11.1. The highest BCUT2D eigenvalue weighted by molar-refractivity contribution is 6.31. The second-order valence-corrected chi connectivity index (χ2v) is 5.83. The first kappa shape index (κ1) is 15.8. The number of benzene rings is 1. The second-order valence-electron chi connectivity index (χ2n) is 5.42. The summed E-state index contributed by atoms with van der Waals surface area (Å²) in [6.07, 6.45) is -0.212. The van der Waals surface area contributed by atoms with Gasteiger partial charge in [0.15, 0.2) is 5.76 Å². The van der Waals surface area contributed by atoms with E-state index in [4.69, 9.17) is 20.9 Å². The lowest BCUT2D eigenvalue weighted by molar-refractivity contribution is -0.0154. The van der Waals surface area contributed by atoms with Gasteiger partial charge >= 0.3 is 6.03 Å². The predicted molar refractivity (Wildman–Crippen MR) is 85.2 cm³/mol. The fraction of sp³-hybridized carbons (Fsp3) is 0.375. The molecule has 6 nitrogen and oxygen atoms in total. The van der Waals surface area contributed by atoms with Crippen LogP contribution in [0.5, 0.6) is 0 Å². The Hall–Kier alpha value is -2.05. The summed E-state index contributed by atoms with van der Waals surface area (Å²) in [5.74, 6) is 0.631. The Bertz CT molecular complexity index is 689. The normalized spacial score (nSPS) is 18.0. The van der Waals surface area contributed by atoms with Gasteiger partial charge in [0.05, 0.1) is 25.4 Å². The van der Waals surface area contributed by atoms with Gasteiger partial charge in [-0.3, -0.25) is 0 Å². The number of hydrogen-bond acceptors (Lipinski definition) is 4. The highest BCUT2D eigenvalue weighted by atomic mass is 35.5. The lowest BCUT2D eigenvalue weighted by atomic mass is 10.1. The molecule has 2 aromatic rings. The topological polar surface area (TPSA) is 67.6 Å². The molecular formula is C16H18ClN3O3. The lowest BCUT2D eigenvalue weighted by Gasteiger charge is -2.33. The van der Waals surface area contributed by atoms with Crippen molar-refractivity contribution in [3.63, 3.8) is 0 Å². The Morgan fingerprint density at radius 2 is 2.30 bits per heavy atom. The van der Waals surface area contributed by atoms with Crippen LogP contribution in [0.4, 0.5) is 4.79 Å². The van der Waals surface area contributed by atoms with Gasteiger partial charge < -0.3 is 19.5 Å². The SMILES string of the molecule is Cc1cc(CNC(=O)N2CCOC(c3ccccc3Cl)C2)on1. The maximum atomic E-state index is 12.3. The van der Waals surface area contributed by atoms with Crippen molar-refractivity contribution in [1.82, 2.24) is 15.4 Å². The number of aryl methyl sites for hydroxylation is 1. The van der Waals surface area contributed by atoms with Gasteiger partial charge in [0.1, 0.15) is 6.10 Å².